The zero-order chi connectivity index (χ0) is 18.2. The number of ether oxygens (including phenoxy) is 1. The molecule has 1 aromatic carbocycles. The summed E-state index contributed by atoms with van der Waals surface area (Å²) in [6.45, 7) is 4.29. The van der Waals surface area contributed by atoms with E-state index < -0.39 is 0 Å². The quantitative estimate of drug-likeness (QED) is 0.684. The van der Waals surface area contributed by atoms with Crippen molar-refractivity contribution in [2.45, 2.75) is 57.0 Å². The molecule has 1 aliphatic rings. The van der Waals surface area contributed by atoms with Crippen molar-refractivity contribution in [3.63, 3.8) is 0 Å². The molecule has 0 bridgehead atoms. The number of aryl methyl sites for hydroxylation is 1. The van der Waals surface area contributed by atoms with Crippen molar-refractivity contribution in [3.05, 3.63) is 41.7 Å². The van der Waals surface area contributed by atoms with Gasteiger partial charge in [-0.25, -0.2) is 0 Å². The largest absolute Gasteiger partial charge is 0.376 e. The molecule has 26 heavy (non-hydrogen) atoms. The molecule has 1 aromatic heterocycles. The van der Waals surface area contributed by atoms with Crippen LogP contribution in [0.4, 0.5) is 0 Å². The van der Waals surface area contributed by atoms with Gasteiger partial charge in [-0.05, 0) is 24.8 Å². The van der Waals surface area contributed by atoms with Crippen LogP contribution in [-0.4, -0.2) is 39.1 Å². The van der Waals surface area contributed by atoms with Gasteiger partial charge in [-0.15, -0.1) is 10.2 Å². The lowest BCUT2D eigenvalue weighted by Crippen LogP contribution is -2.25. The van der Waals surface area contributed by atoms with Gasteiger partial charge in [0.15, 0.2) is 5.16 Å². The molecule has 0 unspecified atom stereocenters. The molecule has 1 saturated heterocycles. The number of carbonyl (C=O) groups is 1. The van der Waals surface area contributed by atoms with E-state index in [-0.39, 0.29) is 12.0 Å². The fourth-order valence-corrected chi connectivity index (χ4v) is 3.78. The molecule has 2 heterocycles. The predicted octanol–water partition coefficient (Wildman–Crippen LogP) is 2.82. The maximum Gasteiger partial charge on any atom is 0.230 e. The number of nitrogens with zero attached hydrogens (tertiary/aromatic N) is 3. The minimum atomic E-state index is 0.00237. The first-order chi connectivity index (χ1) is 12.8. The molecule has 1 fully saturated rings. The normalized spacial score (nSPS) is 16.7. The zero-order valence-electron chi connectivity index (χ0n) is 15.2. The van der Waals surface area contributed by atoms with Gasteiger partial charge in [0, 0.05) is 19.6 Å². The molecule has 6 nitrogen and oxygen atoms in total. The van der Waals surface area contributed by atoms with E-state index in [0.717, 1.165) is 55.4 Å². The second kappa shape index (κ2) is 9.73. The van der Waals surface area contributed by atoms with Gasteiger partial charge in [0.1, 0.15) is 5.82 Å². The Morgan fingerprint density at radius 1 is 1.35 bits per heavy atom. The molecular formula is C19H26N4O2S. The molecule has 1 atom stereocenters. The molecule has 1 amide bonds. The van der Waals surface area contributed by atoms with Crippen LogP contribution in [0, 0.1) is 0 Å². The number of nitrogens with one attached hydrogen (secondary N) is 1. The highest BCUT2D eigenvalue weighted by atomic mass is 32.2. The summed E-state index contributed by atoms with van der Waals surface area (Å²) in [6.07, 6.45) is 4.32. The lowest BCUT2D eigenvalue weighted by atomic mass is 10.2. The molecule has 0 aliphatic carbocycles. The average molecular weight is 375 g/mol. The minimum absolute atomic E-state index is 0.00237. The van der Waals surface area contributed by atoms with Crippen LogP contribution in [0.1, 0.15) is 37.6 Å². The van der Waals surface area contributed by atoms with Crippen molar-refractivity contribution < 1.29 is 9.53 Å². The van der Waals surface area contributed by atoms with Crippen LogP contribution in [-0.2, 0) is 29.0 Å². The number of hydrogen-bond donors (Lipinski definition) is 1. The SMILES string of the molecule is CCCc1nnc(SCC(=O)NCc2ccccc2)n1C[C@@H]1CCCO1. The number of rotatable bonds is 9. The van der Waals surface area contributed by atoms with Gasteiger partial charge >= 0.3 is 0 Å². The molecule has 2 aromatic rings. The van der Waals surface area contributed by atoms with E-state index in [4.69, 9.17) is 4.74 Å². The van der Waals surface area contributed by atoms with Gasteiger partial charge in [0.2, 0.25) is 5.91 Å². The third kappa shape index (κ3) is 5.32. The van der Waals surface area contributed by atoms with Crippen molar-refractivity contribution in [1.82, 2.24) is 20.1 Å². The van der Waals surface area contributed by atoms with Crippen LogP contribution < -0.4 is 5.32 Å². The van der Waals surface area contributed by atoms with Crippen molar-refractivity contribution in [2.24, 2.45) is 0 Å². The molecule has 0 spiro atoms. The molecular weight excluding hydrogens is 348 g/mol. The third-order valence-corrected chi connectivity index (χ3v) is 5.31. The Labute approximate surface area is 158 Å². The lowest BCUT2D eigenvalue weighted by molar-refractivity contribution is -0.118. The van der Waals surface area contributed by atoms with Gasteiger partial charge in [-0.3, -0.25) is 4.79 Å². The van der Waals surface area contributed by atoms with Gasteiger partial charge in [-0.2, -0.15) is 0 Å². The molecule has 3 rings (SSSR count). The number of carbonyl (C=O) groups excluding carboxylic acids is 1. The van der Waals surface area contributed by atoms with E-state index in [1.165, 1.54) is 11.8 Å². The first-order valence-corrected chi connectivity index (χ1v) is 10.2. The summed E-state index contributed by atoms with van der Waals surface area (Å²) in [5.41, 5.74) is 1.10. The van der Waals surface area contributed by atoms with Crippen molar-refractivity contribution in [2.75, 3.05) is 12.4 Å². The summed E-state index contributed by atoms with van der Waals surface area (Å²) in [4.78, 5) is 12.2. The van der Waals surface area contributed by atoms with Gasteiger partial charge in [0.25, 0.3) is 0 Å². The first-order valence-electron chi connectivity index (χ1n) is 9.23. The Bertz CT molecular complexity index is 699. The summed E-state index contributed by atoms with van der Waals surface area (Å²) in [5, 5.41) is 12.4. The fourth-order valence-electron chi connectivity index (χ4n) is 2.99. The van der Waals surface area contributed by atoms with Crippen LogP contribution >= 0.6 is 11.8 Å². The Morgan fingerprint density at radius 3 is 2.92 bits per heavy atom. The first kappa shape index (κ1) is 18.9. The number of hydrogen-bond acceptors (Lipinski definition) is 5. The highest BCUT2D eigenvalue weighted by molar-refractivity contribution is 7.99. The average Bonchev–Trinajstić information content (AvgIpc) is 3.31. The van der Waals surface area contributed by atoms with Crippen molar-refractivity contribution in [3.8, 4) is 0 Å². The second-order valence-corrected chi connectivity index (χ2v) is 7.39. The third-order valence-electron chi connectivity index (χ3n) is 4.34. The van der Waals surface area contributed by atoms with Crippen LogP contribution in [0.5, 0.6) is 0 Å². The van der Waals surface area contributed by atoms with Crippen LogP contribution in [0.25, 0.3) is 0 Å². The zero-order valence-corrected chi connectivity index (χ0v) is 16.0. The summed E-state index contributed by atoms with van der Waals surface area (Å²) in [7, 11) is 0. The fraction of sp³-hybridized carbons (Fsp3) is 0.526. The van der Waals surface area contributed by atoms with Crippen molar-refractivity contribution in [1.29, 1.82) is 0 Å². The summed E-state index contributed by atoms with van der Waals surface area (Å²) in [6, 6.07) is 9.92. The minimum Gasteiger partial charge on any atom is -0.376 e. The highest BCUT2D eigenvalue weighted by Gasteiger charge is 2.21. The van der Waals surface area contributed by atoms with E-state index >= 15 is 0 Å². The monoisotopic (exact) mass is 374 g/mol. The van der Waals surface area contributed by atoms with E-state index in [2.05, 4.69) is 27.0 Å². The Kier molecular flexibility index (Phi) is 7.08. The standard InChI is InChI=1S/C19H26N4O2S/c1-2-7-17-21-22-19(23(17)13-16-10-6-11-25-16)26-14-18(24)20-12-15-8-4-3-5-9-15/h3-5,8-9,16H,2,6-7,10-14H2,1H3,(H,20,24)/t16-/m0/s1. The van der Waals surface area contributed by atoms with Crippen LogP contribution in [0.3, 0.4) is 0 Å². The predicted molar refractivity (Wildman–Crippen MR) is 102 cm³/mol. The maximum atomic E-state index is 12.2. The maximum absolute atomic E-state index is 12.2. The highest BCUT2D eigenvalue weighted by Crippen LogP contribution is 2.21. The Balaban J connectivity index is 1.55. The number of aromatic nitrogens is 3. The Hall–Kier alpha value is -1.86. The van der Waals surface area contributed by atoms with E-state index in [1.807, 2.05) is 30.3 Å². The number of thioether (sulfide) groups is 1. The van der Waals surface area contributed by atoms with Gasteiger partial charge < -0.3 is 14.6 Å². The molecule has 0 saturated carbocycles. The van der Waals surface area contributed by atoms with E-state index in [9.17, 15) is 4.79 Å². The van der Waals surface area contributed by atoms with Gasteiger partial charge in [0.05, 0.1) is 18.4 Å². The van der Waals surface area contributed by atoms with E-state index in [0.29, 0.717) is 12.3 Å². The summed E-state index contributed by atoms with van der Waals surface area (Å²) in [5.74, 6) is 1.32. The van der Waals surface area contributed by atoms with E-state index in [1.54, 1.807) is 0 Å². The summed E-state index contributed by atoms with van der Waals surface area (Å²) >= 11 is 1.44. The number of benzene rings is 1. The molecule has 1 N–H and O–H groups in total. The Morgan fingerprint density at radius 2 is 2.19 bits per heavy atom. The molecule has 140 valence electrons. The van der Waals surface area contributed by atoms with Crippen LogP contribution in [0.2, 0.25) is 0 Å². The molecule has 0 radical (unpaired) electrons. The second-order valence-electron chi connectivity index (χ2n) is 6.45. The lowest BCUT2D eigenvalue weighted by Gasteiger charge is -2.14. The number of amides is 1. The summed E-state index contributed by atoms with van der Waals surface area (Å²) < 4.78 is 7.90. The molecule has 1 aliphatic heterocycles. The van der Waals surface area contributed by atoms with Gasteiger partial charge in [-0.1, -0.05) is 49.0 Å². The van der Waals surface area contributed by atoms with Crippen LogP contribution in [0.15, 0.2) is 35.5 Å². The molecule has 7 heteroatoms. The van der Waals surface area contributed by atoms with Crippen molar-refractivity contribution >= 4 is 17.7 Å². The topological polar surface area (TPSA) is 69.0 Å². The smallest absolute Gasteiger partial charge is 0.230 e.